The van der Waals surface area contributed by atoms with E-state index >= 15 is 0 Å². The Morgan fingerprint density at radius 1 is 1.17 bits per heavy atom. The van der Waals surface area contributed by atoms with Crippen molar-refractivity contribution in [2.45, 2.75) is 19.8 Å². The number of carbonyl (C=O) groups is 2. The molecule has 2 aliphatic carbocycles. The maximum absolute atomic E-state index is 12.6. The minimum absolute atomic E-state index is 0.0808. The number of nitrogens with zero attached hydrogens (tertiary/aromatic N) is 2. The highest BCUT2D eigenvalue weighted by molar-refractivity contribution is 6.39. The van der Waals surface area contributed by atoms with Gasteiger partial charge in [0.15, 0.2) is 0 Å². The van der Waals surface area contributed by atoms with Crippen LogP contribution in [0.15, 0.2) is 36.8 Å². The highest BCUT2D eigenvalue weighted by Gasteiger charge is 2.59. The van der Waals surface area contributed by atoms with Crippen LogP contribution in [-0.4, -0.2) is 21.7 Å². The third-order valence-corrected chi connectivity index (χ3v) is 6.54. The number of hydrogen-bond donors (Lipinski definition) is 2. The van der Waals surface area contributed by atoms with Gasteiger partial charge in [-0.2, -0.15) is 0 Å². The van der Waals surface area contributed by atoms with E-state index in [1.807, 2.05) is 19.1 Å². The van der Waals surface area contributed by atoms with Gasteiger partial charge in [0.1, 0.15) is 11.6 Å². The van der Waals surface area contributed by atoms with Gasteiger partial charge in [-0.25, -0.2) is 4.98 Å². The predicted molar refractivity (Wildman–Crippen MR) is 112 cm³/mol. The van der Waals surface area contributed by atoms with Crippen molar-refractivity contribution < 1.29 is 9.59 Å². The zero-order valence-corrected chi connectivity index (χ0v) is 16.5. The molecule has 1 unspecified atom stereocenters. The first-order valence-corrected chi connectivity index (χ1v) is 9.93. The van der Waals surface area contributed by atoms with E-state index in [2.05, 4.69) is 15.3 Å². The SMILES string of the molecule is Cc1ccncc1-c1cc(N)c2cnc(NC(=O)C3[C@H]4CC(=O)C[C@@H]34)cc2c1Cl. The number of aryl methyl sites for hydroxylation is 1. The molecule has 2 aromatic heterocycles. The number of pyridine rings is 2. The molecule has 1 aromatic carbocycles. The molecule has 3 atom stereocenters. The smallest absolute Gasteiger partial charge is 0.229 e. The normalized spacial score (nSPS) is 22.6. The number of amides is 1. The number of rotatable bonds is 3. The third-order valence-electron chi connectivity index (χ3n) is 6.13. The van der Waals surface area contributed by atoms with Crippen molar-refractivity contribution >= 4 is 45.6 Å². The van der Waals surface area contributed by atoms with E-state index < -0.39 is 0 Å². The van der Waals surface area contributed by atoms with Crippen LogP contribution in [0.5, 0.6) is 0 Å². The number of nitrogens with one attached hydrogen (secondary N) is 1. The molecular formula is C22H19ClN4O2. The van der Waals surface area contributed by atoms with Gasteiger partial charge >= 0.3 is 0 Å². The average Bonchev–Trinajstić information content (AvgIpc) is 3.22. The minimum atomic E-state index is -0.0879. The van der Waals surface area contributed by atoms with Crippen molar-refractivity contribution in [3.8, 4) is 11.1 Å². The fraction of sp³-hybridized carbons (Fsp3) is 0.273. The standard InChI is InChI=1S/C22H19ClN4O2/c1-10-2-3-25-8-16(10)14-6-18(24)17-9-26-19(7-15(17)21(14)23)27-22(29)20-12-4-11(28)5-13(12)20/h2-3,6-9,12-13,20H,4-5,24H2,1H3,(H,26,27,29)/t12-,13+,20?. The Bertz CT molecular complexity index is 1180. The van der Waals surface area contributed by atoms with Crippen LogP contribution < -0.4 is 11.1 Å². The van der Waals surface area contributed by atoms with E-state index in [-0.39, 0.29) is 29.4 Å². The summed E-state index contributed by atoms with van der Waals surface area (Å²) in [6.07, 6.45) is 6.16. The number of nitrogen functional groups attached to an aromatic ring is 1. The second-order valence-electron chi connectivity index (χ2n) is 7.92. The maximum atomic E-state index is 12.6. The van der Waals surface area contributed by atoms with Crippen LogP contribution in [-0.2, 0) is 9.59 Å². The molecule has 29 heavy (non-hydrogen) atoms. The monoisotopic (exact) mass is 406 g/mol. The van der Waals surface area contributed by atoms with E-state index in [1.54, 1.807) is 24.7 Å². The van der Waals surface area contributed by atoms with E-state index in [0.717, 1.165) is 27.5 Å². The lowest BCUT2D eigenvalue weighted by molar-refractivity contribution is -0.120. The Kier molecular flexibility index (Phi) is 4.06. The number of hydrogen-bond acceptors (Lipinski definition) is 5. The third kappa shape index (κ3) is 2.95. The van der Waals surface area contributed by atoms with Crippen LogP contribution in [0.2, 0.25) is 5.02 Å². The van der Waals surface area contributed by atoms with Gasteiger partial charge in [0.2, 0.25) is 5.91 Å². The lowest BCUT2D eigenvalue weighted by Crippen LogP contribution is -2.18. The summed E-state index contributed by atoms with van der Waals surface area (Å²) in [7, 11) is 0. The van der Waals surface area contributed by atoms with Crippen molar-refractivity contribution in [1.82, 2.24) is 9.97 Å². The van der Waals surface area contributed by atoms with Crippen LogP contribution in [0.4, 0.5) is 11.5 Å². The van der Waals surface area contributed by atoms with Crippen molar-refractivity contribution in [3.05, 3.63) is 47.4 Å². The lowest BCUT2D eigenvalue weighted by Gasteiger charge is -2.13. The number of halogens is 1. The van der Waals surface area contributed by atoms with Gasteiger partial charge in [0, 0.05) is 64.9 Å². The quantitative estimate of drug-likeness (QED) is 0.640. The first-order valence-electron chi connectivity index (χ1n) is 9.55. The summed E-state index contributed by atoms with van der Waals surface area (Å²) < 4.78 is 0. The summed E-state index contributed by atoms with van der Waals surface area (Å²) in [6.45, 7) is 1.99. The van der Waals surface area contributed by atoms with Gasteiger partial charge in [0.05, 0.1) is 5.02 Å². The van der Waals surface area contributed by atoms with Crippen LogP contribution in [0, 0.1) is 24.7 Å². The fourth-order valence-electron chi connectivity index (χ4n) is 4.53. The fourth-order valence-corrected chi connectivity index (χ4v) is 4.84. The van der Waals surface area contributed by atoms with Gasteiger partial charge in [-0.3, -0.25) is 14.6 Å². The predicted octanol–water partition coefficient (Wildman–Crippen LogP) is 4.00. The molecule has 0 saturated heterocycles. The molecule has 3 aromatic rings. The summed E-state index contributed by atoms with van der Waals surface area (Å²) in [6, 6.07) is 5.50. The van der Waals surface area contributed by atoms with Gasteiger partial charge in [-0.15, -0.1) is 0 Å². The highest BCUT2D eigenvalue weighted by atomic mass is 35.5. The van der Waals surface area contributed by atoms with E-state index in [0.29, 0.717) is 29.4 Å². The molecule has 3 N–H and O–H groups in total. The number of anilines is 2. The zero-order chi connectivity index (χ0) is 20.3. The molecule has 0 radical (unpaired) electrons. The summed E-state index contributed by atoms with van der Waals surface area (Å²) in [5, 5.41) is 4.87. The summed E-state index contributed by atoms with van der Waals surface area (Å²) in [5.41, 5.74) is 9.56. The Morgan fingerprint density at radius 2 is 1.93 bits per heavy atom. The topological polar surface area (TPSA) is 98.0 Å². The number of aromatic nitrogens is 2. The summed E-state index contributed by atoms with van der Waals surface area (Å²) in [4.78, 5) is 32.5. The molecular weight excluding hydrogens is 388 g/mol. The first-order chi connectivity index (χ1) is 13.9. The number of carbonyl (C=O) groups excluding carboxylic acids is 2. The number of ketones is 1. The summed E-state index contributed by atoms with van der Waals surface area (Å²) >= 11 is 6.74. The Hall–Kier alpha value is -2.99. The highest BCUT2D eigenvalue weighted by Crippen LogP contribution is 2.56. The first kappa shape index (κ1) is 18.1. The molecule has 2 aliphatic rings. The second kappa shape index (κ2) is 6.52. The molecule has 2 saturated carbocycles. The average molecular weight is 407 g/mol. The Morgan fingerprint density at radius 3 is 2.66 bits per heavy atom. The van der Waals surface area contributed by atoms with Crippen molar-refractivity contribution in [2.75, 3.05) is 11.1 Å². The molecule has 1 amide bonds. The molecule has 2 heterocycles. The van der Waals surface area contributed by atoms with Crippen molar-refractivity contribution in [1.29, 1.82) is 0 Å². The number of benzene rings is 1. The molecule has 5 rings (SSSR count). The molecule has 146 valence electrons. The molecule has 7 heteroatoms. The number of nitrogens with two attached hydrogens (primary N) is 1. The van der Waals surface area contributed by atoms with Crippen LogP contribution in [0.25, 0.3) is 21.9 Å². The molecule has 0 spiro atoms. The van der Waals surface area contributed by atoms with Crippen LogP contribution in [0.1, 0.15) is 18.4 Å². The zero-order valence-electron chi connectivity index (χ0n) is 15.8. The summed E-state index contributed by atoms with van der Waals surface area (Å²) in [5.74, 6) is 0.913. The molecule has 2 fully saturated rings. The maximum Gasteiger partial charge on any atom is 0.229 e. The van der Waals surface area contributed by atoms with Gasteiger partial charge < -0.3 is 11.1 Å². The van der Waals surface area contributed by atoms with Gasteiger partial charge in [0.25, 0.3) is 0 Å². The van der Waals surface area contributed by atoms with Crippen molar-refractivity contribution in [2.24, 2.45) is 17.8 Å². The van der Waals surface area contributed by atoms with E-state index in [9.17, 15) is 9.59 Å². The molecule has 0 aliphatic heterocycles. The number of Topliss-reactive ketones (excluding diaryl/α,β-unsaturated/α-hetero) is 1. The van der Waals surface area contributed by atoms with Crippen LogP contribution >= 0.6 is 11.6 Å². The second-order valence-corrected chi connectivity index (χ2v) is 8.30. The van der Waals surface area contributed by atoms with Crippen LogP contribution in [0.3, 0.4) is 0 Å². The molecule has 0 bridgehead atoms. The molecule has 6 nitrogen and oxygen atoms in total. The largest absolute Gasteiger partial charge is 0.398 e. The van der Waals surface area contributed by atoms with Gasteiger partial charge in [-0.05, 0) is 42.5 Å². The van der Waals surface area contributed by atoms with Gasteiger partial charge in [-0.1, -0.05) is 11.6 Å². The Balaban J connectivity index is 1.49. The van der Waals surface area contributed by atoms with E-state index in [4.69, 9.17) is 17.3 Å². The lowest BCUT2D eigenvalue weighted by atomic mass is 9.99. The number of fused-ring (bicyclic) bond motifs is 2. The van der Waals surface area contributed by atoms with E-state index in [1.165, 1.54) is 0 Å². The van der Waals surface area contributed by atoms with Crippen molar-refractivity contribution in [3.63, 3.8) is 0 Å². The minimum Gasteiger partial charge on any atom is -0.398 e. The Labute approximate surface area is 172 Å².